The Morgan fingerprint density at radius 1 is 1.28 bits per heavy atom. The Balaban J connectivity index is 1.80. The number of piperidine rings is 1. The quantitative estimate of drug-likeness (QED) is 0.768. The molecule has 2 aliphatic carbocycles. The number of rotatable bonds is 3. The Hall–Kier alpha value is -1.36. The number of primary amides is 1. The summed E-state index contributed by atoms with van der Waals surface area (Å²) in [6, 6.07) is -0.342. The van der Waals surface area contributed by atoms with E-state index in [2.05, 4.69) is 13.5 Å². The summed E-state index contributed by atoms with van der Waals surface area (Å²) in [5.74, 6) is 0.342. The van der Waals surface area contributed by atoms with Crippen LogP contribution in [0.3, 0.4) is 0 Å². The third-order valence-corrected chi connectivity index (χ3v) is 6.64. The summed E-state index contributed by atoms with van der Waals surface area (Å²) in [7, 11) is 0. The number of nitrogens with zero attached hydrogens (tertiary/aromatic N) is 1. The fraction of sp³-hybridized carbons (Fsp3) is 0.800. The van der Waals surface area contributed by atoms with Gasteiger partial charge in [0.1, 0.15) is 6.04 Å². The maximum absolute atomic E-state index is 13.2. The highest BCUT2D eigenvalue weighted by Crippen LogP contribution is 2.50. The maximum Gasteiger partial charge on any atom is 0.250 e. The van der Waals surface area contributed by atoms with E-state index in [1.54, 1.807) is 4.90 Å². The molecule has 3 aliphatic rings. The molecule has 140 valence electrons. The van der Waals surface area contributed by atoms with Crippen LogP contribution in [0, 0.1) is 17.3 Å². The molecule has 0 spiro atoms. The Kier molecular flexibility index (Phi) is 4.51. The highest BCUT2D eigenvalue weighted by Gasteiger charge is 2.56. The normalized spacial score (nSPS) is 43.8. The minimum Gasteiger partial charge on any atom is -0.390 e. The van der Waals surface area contributed by atoms with Crippen LogP contribution in [-0.4, -0.2) is 39.5 Å². The fourth-order valence-electron chi connectivity index (χ4n) is 5.37. The summed E-state index contributed by atoms with van der Waals surface area (Å²) in [5, 5.41) is 10.8. The molecule has 3 rings (SSSR count). The van der Waals surface area contributed by atoms with Crippen molar-refractivity contribution in [3.05, 3.63) is 12.2 Å². The lowest BCUT2D eigenvalue weighted by molar-refractivity contribution is -0.136. The zero-order chi connectivity index (χ0) is 18.6. The summed E-state index contributed by atoms with van der Waals surface area (Å²) in [5.41, 5.74) is 4.79. The molecule has 25 heavy (non-hydrogen) atoms. The van der Waals surface area contributed by atoms with Crippen molar-refractivity contribution in [3.8, 4) is 0 Å². The predicted molar refractivity (Wildman–Crippen MR) is 96.5 cm³/mol. The molecule has 1 aliphatic heterocycles. The number of carbonyl (C=O) groups excluding carboxylic acids is 2. The van der Waals surface area contributed by atoms with Gasteiger partial charge in [-0.05, 0) is 50.9 Å². The predicted octanol–water partition coefficient (Wildman–Crippen LogP) is 2.37. The topological polar surface area (TPSA) is 83.6 Å². The first kappa shape index (κ1) is 18.4. The van der Waals surface area contributed by atoms with Gasteiger partial charge in [-0.2, -0.15) is 0 Å². The van der Waals surface area contributed by atoms with Gasteiger partial charge in [-0.25, -0.2) is 0 Å². The van der Waals surface area contributed by atoms with Crippen molar-refractivity contribution >= 4 is 11.8 Å². The number of aliphatic hydroxyl groups is 1. The van der Waals surface area contributed by atoms with E-state index >= 15 is 0 Å². The average molecular weight is 348 g/mol. The molecule has 6 atom stereocenters. The molecule has 1 saturated heterocycles. The molecule has 0 aromatic heterocycles. The zero-order valence-electron chi connectivity index (χ0n) is 15.8. The van der Waals surface area contributed by atoms with E-state index in [0.717, 1.165) is 32.1 Å². The number of hydrogen-bond donors (Lipinski definition) is 2. The van der Waals surface area contributed by atoms with E-state index in [4.69, 9.17) is 5.73 Å². The Morgan fingerprint density at radius 3 is 2.60 bits per heavy atom. The molecule has 0 aromatic carbocycles. The van der Waals surface area contributed by atoms with Gasteiger partial charge < -0.3 is 15.7 Å². The van der Waals surface area contributed by atoms with Gasteiger partial charge in [0.05, 0.1) is 5.60 Å². The van der Waals surface area contributed by atoms with E-state index in [1.165, 1.54) is 0 Å². The van der Waals surface area contributed by atoms with Crippen molar-refractivity contribution in [1.29, 1.82) is 0 Å². The van der Waals surface area contributed by atoms with E-state index in [-0.39, 0.29) is 11.9 Å². The van der Waals surface area contributed by atoms with Gasteiger partial charge in [0, 0.05) is 17.0 Å². The van der Waals surface area contributed by atoms with Crippen molar-refractivity contribution in [2.24, 2.45) is 23.0 Å². The van der Waals surface area contributed by atoms with E-state index in [0.29, 0.717) is 30.3 Å². The Labute approximate surface area is 150 Å². The van der Waals surface area contributed by atoms with Gasteiger partial charge in [0.15, 0.2) is 0 Å². The smallest absolute Gasteiger partial charge is 0.250 e. The third-order valence-electron chi connectivity index (χ3n) is 6.64. The second kappa shape index (κ2) is 6.11. The maximum atomic E-state index is 13.2. The Bertz CT molecular complexity index is 600. The summed E-state index contributed by atoms with van der Waals surface area (Å²) in [6.45, 7) is 10.2. The molecule has 1 heterocycles. The standard InChI is InChI=1S/C20H32N2O3/c1-12-6-5-7-19(3,11-20(4,25)10-12)13(2)18(24)22-15-8-14(15)9-16(22)17(21)23/h12,14-16,25H,2,5-11H2,1,3-4H3,(H2,21,23)/t12?,14?,15?,16?,19?,20-/m0/s1. The molecule has 2 saturated carbocycles. The average Bonchev–Trinajstić information content (AvgIpc) is 3.13. The van der Waals surface area contributed by atoms with Gasteiger partial charge in [-0.3, -0.25) is 9.59 Å². The molecule has 3 N–H and O–H groups in total. The monoisotopic (exact) mass is 348 g/mol. The van der Waals surface area contributed by atoms with Crippen LogP contribution in [0.15, 0.2) is 12.2 Å². The van der Waals surface area contributed by atoms with Crippen LogP contribution < -0.4 is 5.73 Å². The van der Waals surface area contributed by atoms with Crippen LogP contribution in [0.25, 0.3) is 0 Å². The molecule has 0 bridgehead atoms. The molecule has 3 fully saturated rings. The number of amides is 2. The molecule has 0 radical (unpaired) electrons. The van der Waals surface area contributed by atoms with Crippen LogP contribution >= 0.6 is 0 Å². The van der Waals surface area contributed by atoms with E-state index in [9.17, 15) is 14.7 Å². The van der Waals surface area contributed by atoms with Crippen molar-refractivity contribution in [2.75, 3.05) is 0 Å². The fourth-order valence-corrected chi connectivity index (χ4v) is 5.37. The lowest BCUT2D eigenvalue weighted by Gasteiger charge is -2.42. The van der Waals surface area contributed by atoms with Gasteiger partial charge in [0.25, 0.3) is 5.91 Å². The molecule has 5 nitrogen and oxygen atoms in total. The first-order chi connectivity index (χ1) is 11.5. The van der Waals surface area contributed by atoms with E-state index in [1.807, 2.05) is 13.8 Å². The van der Waals surface area contributed by atoms with Gasteiger partial charge in [-0.1, -0.05) is 33.3 Å². The highest BCUT2D eigenvalue weighted by atomic mass is 16.3. The summed E-state index contributed by atoms with van der Waals surface area (Å²) in [6.07, 6.45) is 5.82. The van der Waals surface area contributed by atoms with Crippen LogP contribution in [0.2, 0.25) is 0 Å². The largest absolute Gasteiger partial charge is 0.390 e. The number of carbonyl (C=O) groups is 2. The number of hydrogen-bond acceptors (Lipinski definition) is 3. The minimum absolute atomic E-state index is 0.138. The van der Waals surface area contributed by atoms with Crippen LogP contribution in [0.4, 0.5) is 0 Å². The zero-order valence-corrected chi connectivity index (χ0v) is 15.8. The van der Waals surface area contributed by atoms with Crippen molar-refractivity contribution in [1.82, 2.24) is 4.90 Å². The van der Waals surface area contributed by atoms with Crippen LogP contribution in [0.1, 0.15) is 65.7 Å². The Morgan fingerprint density at radius 2 is 1.96 bits per heavy atom. The summed E-state index contributed by atoms with van der Waals surface area (Å²) >= 11 is 0. The molecule has 2 amide bonds. The summed E-state index contributed by atoms with van der Waals surface area (Å²) in [4.78, 5) is 26.7. The minimum atomic E-state index is -0.811. The molecule has 5 unspecified atom stereocenters. The molecular formula is C20H32N2O3. The van der Waals surface area contributed by atoms with E-state index < -0.39 is 23.0 Å². The molecular weight excluding hydrogens is 316 g/mol. The third kappa shape index (κ3) is 3.48. The van der Waals surface area contributed by atoms with Crippen molar-refractivity contribution in [2.45, 2.75) is 83.4 Å². The highest BCUT2D eigenvalue weighted by molar-refractivity contribution is 5.98. The summed E-state index contributed by atoms with van der Waals surface area (Å²) < 4.78 is 0. The SMILES string of the molecule is C=C(C(=O)N1C(C(N)=O)CC2CC21)C1(C)CCCC(C)C[C@](C)(O)C1. The van der Waals surface area contributed by atoms with Gasteiger partial charge in [0.2, 0.25) is 5.91 Å². The number of fused-ring (bicyclic) bond motifs is 1. The first-order valence-electron chi connectivity index (χ1n) is 9.58. The second-order valence-electron chi connectivity index (χ2n) is 9.34. The molecule has 5 heteroatoms. The lowest BCUT2D eigenvalue weighted by atomic mass is 9.66. The van der Waals surface area contributed by atoms with Crippen LogP contribution in [0.5, 0.6) is 0 Å². The van der Waals surface area contributed by atoms with Crippen molar-refractivity contribution < 1.29 is 14.7 Å². The van der Waals surface area contributed by atoms with Crippen LogP contribution in [-0.2, 0) is 9.59 Å². The first-order valence-corrected chi connectivity index (χ1v) is 9.58. The van der Waals surface area contributed by atoms with Crippen molar-refractivity contribution in [3.63, 3.8) is 0 Å². The second-order valence-corrected chi connectivity index (χ2v) is 9.34. The lowest BCUT2D eigenvalue weighted by Crippen LogP contribution is -2.49. The number of nitrogens with two attached hydrogens (primary N) is 1. The van der Waals surface area contributed by atoms with Gasteiger partial charge >= 0.3 is 0 Å². The molecule has 0 aromatic rings. The number of likely N-dealkylation sites (tertiary alicyclic amines) is 1. The van der Waals surface area contributed by atoms with Gasteiger partial charge in [-0.15, -0.1) is 0 Å².